The van der Waals surface area contributed by atoms with Crippen LogP contribution in [0.5, 0.6) is 11.5 Å². The van der Waals surface area contributed by atoms with Crippen LogP contribution in [0.1, 0.15) is 29.5 Å². The zero-order valence-corrected chi connectivity index (χ0v) is 13.1. The number of benzene rings is 2. The Morgan fingerprint density at radius 2 is 1.73 bits per heavy atom. The van der Waals surface area contributed by atoms with Crippen LogP contribution in [0.15, 0.2) is 49.0 Å². The number of carbonyl (C=O) groups excluding carboxylic acids is 1. The fraction of sp³-hybridized carbons (Fsp3) is 0.211. The molecule has 0 aliphatic rings. The van der Waals surface area contributed by atoms with Crippen molar-refractivity contribution >= 4 is 11.9 Å². The number of para-hydroxylation sites is 1. The predicted octanol–water partition coefficient (Wildman–Crippen LogP) is 4.07. The Bertz CT molecular complexity index is 689. The minimum atomic E-state index is -0.190. The van der Waals surface area contributed by atoms with Crippen LogP contribution in [0.3, 0.4) is 0 Å². The summed E-state index contributed by atoms with van der Waals surface area (Å²) in [5.74, 6) is 1.11. The molecule has 0 aromatic heterocycles. The van der Waals surface area contributed by atoms with E-state index in [0.29, 0.717) is 11.5 Å². The molecule has 0 saturated heterocycles. The third-order valence-corrected chi connectivity index (χ3v) is 3.71. The van der Waals surface area contributed by atoms with Gasteiger partial charge in [-0.1, -0.05) is 49.9 Å². The topological polar surface area (TPSA) is 35.5 Å². The predicted molar refractivity (Wildman–Crippen MR) is 88.6 cm³/mol. The molecule has 2 rings (SSSR count). The number of carbonyl (C=O) groups is 1. The van der Waals surface area contributed by atoms with Crippen LogP contribution in [0.25, 0.3) is 5.57 Å². The van der Waals surface area contributed by atoms with Gasteiger partial charge in [-0.3, -0.25) is 0 Å². The van der Waals surface area contributed by atoms with Crippen LogP contribution in [0.4, 0.5) is 0 Å². The van der Waals surface area contributed by atoms with Crippen molar-refractivity contribution in [3.63, 3.8) is 0 Å². The molecular weight excluding hydrogens is 276 g/mol. The number of hydrogen-bond donors (Lipinski definition) is 0. The lowest BCUT2D eigenvalue weighted by molar-refractivity contribution is -0.108. The van der Waals surface area contributed by atoms with E-state index in [1.165, 1.54) is 0 Å². The fourth-order valence-corrected chi connectivity index (χ4v) is 2.51. The first-order valence-electron chi connectivity index (χ1n) is 7.08. The van der Waals surface area contributed by atoms with Gasteiger partial charge in [0.1, 0.15) is 6.29 Å². The van der Waals surface area contributed by atoms with Gasteiger partial charge < -0.3 is 14.3 Å². The van der Waals surface area contributed by atoms with E-state index in [1.807, 2.05) is 49.4 Å². The van der Waals surface area contributed by atoms with Gasteiger partial charge in [-0.15, -0.1) is 0 Å². The highest BCUT2D eigenvalue weighted by molar-refractivity contribution is 5.85. The molecule has 0 heterocycles. The largest absolute Gasteiger partial charge is 0.493 e. The summed E-state index contributed by atoms with van der Waals surface area (Å²) >= 11 is 0. The van der Waals surface area contributed by atoms with E-state index in [2.05, 4.69) is 6.58 Å². The van der Waals surface area contributed by atoms with Crippen LogP contribution in [0.2, 0.25) is 0 Å². The lowest BCUT2D eigenvalue weighted by Gasteiger charge is -2.17. The SMILES string of the molecule is C=C(c1ccccc1C(C)C=O)c1cccc(OC)c1OC. The molecular formula is C19H20O3. The molecule has 0 aliphatic heterocycles. The molecule has 1 atom stereocenters. The van der Waals surface area contributed by atoms with Crippen molar-refractivity contribution < 1.29 is 14.3 Å². The highest BCUT2D eigenvalue weighted by Gasteiger charge is 2.17. The molecule has 114 valence electrons. The molecule has 2 aromatic carbocycles. The van der Waals surface area contributed by atoms with Crippen molar-refractivity contribution in [2.24, 2.45) is 0 Å². The molecule has 0 spiro atoms. The highest BCUT2D eigenvalue weighted by Crippen LogP contribution is 2.38. The van der Waals surface area contributed by atoms with Crippen molar-refractivity contribution in [2.45, 2.75) is 12.8 Å². The number of rotatable bonds is 6. The Hall–Kier alpha value is -2.55. The van der Waals surface area contributed by atoms with Gasteiger partial charge in [0.15, 0.2) is 11.5 Å². The zero-order valence-electron chi connectivity index (χ0n) is 13.1. The highest BCUT2D eigenvalue weighted by atomic mass is 16.5. The maximum atomic E-state index is 11.2. The van der Waals surface area contributed by atoms with E-state index in [1.54, 1.807) is 14.2 Å². The smallest absolute Gasteiger partial charge is 0.168 e. The van der Waals surface area contributed by atoms with Crippen molar-refractivity contribution in [3.05, 3.63) is 65.7 Å². The van der Waals surface area contributed by atoms with E-state index in [4.69, 9.17) is 9.47 Å². The summed E-state index contributed by atoms with van der Waals surface area (Å²) in [4.78, 5) is 11.2. The first-order valence-corrected chi connectivity index (χ1v) is 7.08. The molecule has 3 nitrogen and oxygen atoms in total. The van der Waals surface area contributed by atoms with E-state index in [-0.39, 0.29) is 5.92 Å². The van der Waals surface area contributed by atoms with Crippen molar-refractivity contribution in [2.75, 3.05) is 14.2 Å². The standard InChI is InChI=1S/C19H20O3/c1-13(12-20)15-8-5-6-9-16(15)14(2)17-10-7-11-18(21-3)19(17)22-4/h5-13H,2H2,1,3-4H3. The molecule has 0 amide bonds. The van der Waals surface area contributed by atoms with Crippen LogP contribution in [-0.4, -0.2) is 20.5 Å². The molecule has 1 unspecified atom stereocenters. The molecule has 0 radical (unpaired) electrons. The molecule has 0 bridgehead atoms. The maximum Gasteiger partial charge on any atom is 0.168 e. The number of aldehydes is 1. The van der Waals surface area contributed by atoms with Crippen LogP contribution >= 0.6 is 0 Å². The Balaban J connectivity index is 2.56. The molecule has 2 aromatic rings. The second-order valence-electron chi connectivity index (χ2n) is 5.03. The normalized spacial score (nSPS) is 11.6. The number of methoxy groups -OCH3 is 2. The number of hydrogen-bond acceptors (Lipinski definition) is 3. The van der Waals surface area contributed by atoms with Crippen LogP contribution < -0.4 is 9.47 Å². The molecule has 0 fully saturated rings. The van der Waals surface area contributed by atoms with Gasteiger partial charge in [-0.25, -0.2) is 0 Å². The van der Waals surface area contributed by atoms with Gasteiger partial charge in [0, 0.05) is 11.5 Å². The summed E-state index contributed by atoms with van der Waals surface area (Å²) in [5, 5.41) is 0. The van der Waals surface area contributed by atoms with E-state index in [0.717, 1.165) is 28.5 Å². The molecule has 0 saturated carbocycles. The summed E-state index contributed by atoms with van der Waals surface area (Å²) in [5.41, 5.74) is 3.55. The second-order valence-corrected chi connectivity index (χ2v) is 5.03. The fourth-order valence-electron chi connectivity index (χ4n) is 2.51. The summed E-state index contributed by atoms with van der Waals surface area (Å²) in [7, 11) is 3.21. The Morgan fingerprint density at radius 3 is 2.36 bits per heavy atom. The lowest BCUT2D eigenvalue weighted by atomic mass is 9.89. The monoisotopic (exact) mass is 296 g/mol. The van der Waals surface area contributed by atoms with E-state index >= 15 is 0 Å². The summed E-state index contributed by atoms with van der Waals surface area (Å²) < 4.78 is 10.8. The second kappa shape index (κ2) is 6.94. The molecule has 22 heavy (non-hydrogen) atoms. The van der Waals surface area contributed by atoms with E-state index < -0.39 is 0 Å². The Morgan fingerprint density at radius 1 is 1.05 bits per heavy atom. The van der Waals surface area contributed by atoms with Crippen molar-refractivity contribution in [1.29, 1.82) is 0 Å². The first-order chi connectivity index (χ1) is 10.6. The quantitative estimate of drug-likeness (QED) is 0.754. The van der Waals surface area contributed by atoms with Gasteiger partial charge in [0.05, 0.1) is 14.2 Å². The summed E-state index contributed by atoms with van der Waals surface area (Å²) in [6, 6.07) is 13.5. The molecule has 0 N–H and O–H groups in total. The third-order valence-electron chi connectivity index (χ3n) is 3.71. The van der Waals surface area contributed by atoms with Gasteiger partial charge in [-0.05, 0) is 22.8 Å². The zero-order chi connectivity index (χ0) is 16.1. The van der Waals surface area contributed by atoms with Gasteiger partial charge in [0.2, 0.25) is 0 Å². The van der Waals surface area contributed by atoms with Gasteiger partial charge >= 0.3 is 0 Å². The van der Waals surface area contributed by atoms with Crippen molar-refractivity contribution in [1.82, 2.24) is 0 Å². The lowest BCUT2D eigenvalue weighted by Crippen LogP contribution is -2.02. The molecule has 3 heteroatoms. The Kier molecular flexibility index (Phi) is 4.99. The first kappa shape index (κ1) is 15.8. The summed E-state index contributed by atoms with van der Waals surface area (Å²) in [6.45, 7) is 6.08. The van der Waals surface area contributed by atoms with E-state index in [9.17, 15) is 4.79 Å². The Labute approximate surface area is 131 Å². The average molecular weight is 296 g/mol. The minimum Gasteiger partial charge on any atom is -0.493 e. The molecule has 0 aliphatic carbocycles. The van der Waals surface area contributed by atoms with Crippen LogP contribution in [-0.2, 0) is 4.79 Å². The maximum absolute atomic E-state index is 11.2. The minimum absolute atomic E-state index is 0.190. The summed E-state index contributed by atoms with van der Waals surface area (Å²) in [6.07, 6.45) is 0.939. The van der Waals surface area contributed by atoms with Crippen LogP contribution in [0, 0.1) is 0 Å². The number of ether oxygens (including phenoxy) is 2. The van der Waals surface area contributed by atoms with Gasteiger partial charge in [0.25, 0.3) is 0 Å². The average Bonchev–Trinajstić information content (AvgIpc) is 2.59. The third kappa shape index (κ3) is 2.89. The van der Waals surface area contributed by atoms with Gasteiger partial charge in [-0.2, -0.15) is 0 Å². The van der Waals surface area contributed by atoms with Crippen molar-refractivity contribution in [3.8, 4) is 11.5 Å².